The van der Waals surface area contributed by atoms with E-state index in [9.17, 15) is 14.4 Å². The molecule has 3 N–H and O–H groups in total. The Labute approximate surface area is 93.1 Å². The lowest BCUT2D eigenvalue weighted by molar-refractivity contribution is -0.137. The predicted octanol–water partition coefficient (Wildman–Crippen LogP) is -1.34. The first kappa shape index (κ1) is 11.1. The summed E-state index contributed by atoms with van der Waals surface area (Å²) in [4.78, 5) is 34.0. The highest BCUT2D eigenvalue weighted by atomic mass is 16.2. The molecule has 2 aliphatic heterocycles. The van der Waals surface area contributed by atoms with Gasteiger partial charge in [0.05, 0.1) is 6.04 Å². The molecule has 0 spiro atoms. The SMILES string of the molecule is O=C1CC[C@H](NC(=O)[C@@H]2CCCN2)C(=O)N1. The van der Waals surface area contributed by atoms with Crippen molar-refractivity contribution in [3.63, 3.8) is 0 Å². The zero-order chi connectivity index (χ0) is 11.5. The summed E-state index contributed by atoms with van der Waals surface area (Å²) in [6, 6.07) is -0.752. The van der Waals surface area contributed by atoms with Crippen molar-refractivity contribution in [2.75, 3.05) is 6.54 Å². The monoisotopic (exact) mass is 225 g/mol. The topological polar surface area (TPSA) is 87.3 Å². The molecule has 0 aromatic rings. The molecule has 6 heteroatoms. The molecule has 0 aromatic carbocycles. The van der Waals surface area contributed by atoms with Crippen LogP contribution in [0.15, 0.2) is 0 Å². The van der Waals surface area contributed by atoms with Crippen LogP contribution >= 0.6 is 0 Å². The molecule has 6 nitrogen and oxygen atoms in total. The smallest absolute Gasteiger partial charge is 0.249 e. The third kappa shape index (κ3) is 2.38. The van der Waals surface area contributed by atoms with Gasteiger partial charge < -0.3 is 10.6 Å². The van der Waals surface area contributed by atoms with Crippen molar-refractivity contribution < 1.29 is 14.4 Å². The summed E-state index contributed by atoms with van der Waals surface area (Å²) in [7, 11) is 0. The second-order valence-electron chi connectivity index (χ2n) is 4.16. The van der Waals surface area contributed by atoms with Crippen LogP contribution in [0.4, 0.5) is 0 Å². The largest absolute Gasteiger partial charge is 0.343 e. The van der Waals surface area contributed by atoms with Gasteiger partial charge in [-0.15, -0.1) is 0 Å². The Morgan fingerprint density at radius 2 is 2.12 bits per heavy atom. The molecule has 0 aliphatic carbocycles. The van der Waals surface area contributed by atoms with Gasteiger partial charge in [-0.1, -0.05) is 0 Å². The summed E-state index contributed by atoms with van der Waals surface area (Å²) in [5, 5.41) is 7.94. The Balaban J connectivity index is 1.86. The quantitative estimate of drug-likeness (QED) is 0.508. The molecule has 2 rings (SSSR count). The number of carbonyl (C=O) groups is 3. The van der Waals surface area contributed by atoms with Crippen LogP contribution in [-0.4, -0.2) is 36.3 Å². The summed E-state index contributed by atoms with van der Waals surface area (Å²) in [6.45, 7) is 0.841. The highest BCUT2D eigenvalue weighted by Gasteiger charge is 2.30. The van der Waals surface area contributed by atoms with E-state index in [-0.39, 0.29) is 24.3 Å². The standard InChI is InChI=1S/C10H15N3O3/c14-8-4-3-7(10(16)13-8)12-9(15)6-2-1-5-11-6/h6-7,11H,1-5H2,(H,12,15)(H,13,14,16)/t6-,7-/m0/s1. The first-order chi connectivity index (χ1) is 7.66. The fourth-order valence-corrected chi connectivity index (χ4v) is 2.01. The van der Waals surface area contributed by atoms with E-state index in [4.69, 9.17) is 0 Å². The average Bonchev–Trinajstić information content (AvgIpc) is 2.75. The highest BCUT2D eigenvalue weighted by Crippen LogP contribution is 2.08. The predicted molar refractivity (Wildman–Crippen MR) is 55.3 cm³/mol. The molecule has 0 saturated carbocycles. The summed E-state index contributed by atoms with van der Waals surface area (Å²) < 4.78 is 0. The molecule has 0 radical (unpaired) electrons. The number of hydrogen-bond donors (Lipinski definition) is 3. The zero-order valence-electron chi connectivity index (χ0n) is 8.91. The van der Waals surface area contributed by atoms with E-state index in [1.807, 2.05) is 0 Å². The lowest BCUT2D eigenvalue weighted by Crippen LogP contribution is -2.55. The van der Waals surface area contributed by atoms with Gasteiger partial charge in [0.25, 0.3) is 0 Å². The van der Waals surface area contributed by atoms with E-state index < -0.39 is 11.9 Å². The van der Waals surface area contributed by atoms with E-state index in [2.05, 4.69) is 16.0 Å². The van der Waals surface area contributed by atoms with Crippen molar-refractivity contribution in [1.82, 2.24) is 16.0 Å². The minimum atomic E-state index is -0.562. The molecule has 2 aliphatic rings. The molecule has 2 heterocycles. The maximum atomic E-state index is 11.7. The van der Waals surface area contributed by atoms with Crippen molar-refractivity contribution >= 4 is 17.7 Å². The van der Waals surface area contributed by atoms with E-state index in [0.717, 1.165) is 19.4 Å². The lowest BCUT2D eigenvalue weighted by Gasteiger charge is -2.23. The van der Waals surface area contributed by atoms with Crippen LogP contribution in [0.5, 0.6) is 0 Å². The van der Waals surface area contributed by atoms with Crippen molar-refractivity contribution in [3.05, 3.63) is 0 Å². The number of carbonyl (C=O) groups excluding carboxylic acids is 3. The van der Waals surface area contributed by atoms with Crippen LogP contribution in [0, 0.1) is 0 Å². The third-order valence-corrected chi connectivity index (χ3v) is 2.93. The molecule has 0 aromatic heterocycles. The van der Waals surface area contributed by atoms with Crippen molar-refractivity contribution in [2.45, 2.75) is 37.8 Å². The Bertz CT molecular complexity index is 323. The minimum absolute atomic E-state index is 0.146. The Kier molecular flexibility index (Phi) is 3.19. The van der Waals surface area contributed by atoms with Gasteiger partial charge in [0.1, 0.15) is 6.04 Å². The van der Waals surface area contributed by atoms with Crippen LogP contribution < -0.4 is 16.0 Å². The number of amides is 3. The van der Waals surface area contributed by atoms with Gasteiger partial charge in [0, 0.05) is 6.42 Å². The summed E-state index contributed by atoms with van der Waals surface area (Å²) in [6.07, 6.45) is 2.46. The van der Waals surface area contributed by atoms with Crippen LogP contribution in [-0.2, 0) is 14.4 Å². The van der Waals surface area contributed by atoms with Crippen LogP contribution in [0.3, 0.4) is 0 Å². The van der Waals surface area contributed by atoms with Gasteiger partial charge in [-0.05, 0) is 25.8 Å². The molecule has 16 heavy (non-hydrogen) atoms. The number of piperidine rings is 1. The second-order valence-corrected chi connectivity index (χ2v) is 4.16. The highest BCUT2D eigenvalue weighted by molar-refractivity contribution is 6.02. The van der Waals surface area contributed by atoms with Crippen molar-refractivity contribution in [1.29, 1.82) is 0 Å². The number of hydrogen-bond acceptors (Lipinski definition) is 4. The Morgan fingerprint density at radius 3 is 2.75 bits per heavy atom. The first-order valence-electron chi connectivity index (χ1n) is 5.54. The maximum Gasteiger partial charge on any atom is 0.249 e. The molecule has 0 bridgehead atoms. The van der Waals surface area contributed by atoms with Crippen molar-refractivity contribution in [3.8, 4) is 0 Å². The second kappa shape index (κ2) is 4.61. The summed E-state index contributed by atoms with van der Waals surface area (Å²) in [5.74, 6) is -0.816. The molecule has 2 fully saturated rings. The average molecular weight is 225 g/mol. The molecular formula is C10H15N3O3. The van der Waals surface area contributed by atoms with E-state index in [0.29, 0.717) is 6.42 Å². The van der Waals surface area contributed by atoms with Crippen molar-refractivity contribution in [2.24, 2.45) is 0 Å². The van der Waals surface area contributed by atoms with Crippen LogP contribution in [0.2, 0.25) is 0 Å². The summed E-state index contributed by atoms with van der Waals surface area (Å²) in [5.41, 5.74) is 0. The van der Waals surface area contributed by atoms with E-state index in [1.54, 1.807) is 0 Å². The van der Waals surface area contributed by atoms with Gasteiger partial charge in [-0.25, -0.2) is 0 Å². The minimum Gasteiger partial charge on any atom is -0.343 e. The van der Waals surface area contributed by atoms with Gasteiger partial charge in [0.15, 0.2) is 0 Å². The van der Waals surface area contributed by atoms with Gasteiger partial charge >= 0.3 is 0 Å². The Morgan fingerprint density at radius 1 is 1.31 bits per heavy atom. The van der Waals surface area contributed by atoms with E-state index >= 15 is 0 Å². The van der Waals surface area contributed by atoms with Crippen LogP contribution in [0.1, 0.15) is 25.7 Å². The van der Waals surface area contributed by atoms with Gasteiger partial charge in [0.2, 0.25) is 17.7 Å². The fourth-order valence-electron chi connectivity index (χ4n) is 2.01. The maximum absolute atomic E-state index is 11.7. The fraction of sp³-hybridized carbons (Fsp3) is 0.700. The number of rotatable bonds is 2. The molecule has 0 unspecified atom stereocenters. The summed E-state index contributed by atoms with van der Waals surface area (Å²) >= 11 is 0. The number of nitrogens with one attached hydrogen (secondary N) is 3. The molecule has 2 atom stereocenters. The Hall–Kier alpha value is -1.43. The molecule has 3 amide bonds. The normalized spacial score (nSPS) is 30.0. The zero-order valence-corrected chi connectivity index (χ0v) is 8.91. The number of imide groups is 1. The van der Waals surface area contributed by atoms with Crippen LogP contribution in [0.25, 0.3) is 0 Å². The lowest BCUT2D eigenvalue weighted by atomic mass is 10.1. The first-order valence-corrected chi connectivity index (χ1v) is 5.54. The third-order valence-electron chi connectivity index (χ3n) is 2.93. The molecule has 88 valence electrons. The van der Waals surface area contributed by atoms with Gasteiger partial charge in [-0.2, -0.15) is 0 Å². The van der Waals surface area contributed by atoms with Gasteiger partial charge in [-0.3, -0.25) is 19.7 Å². The molecular weight excluding hydrogens is 210 g/mol. The van der Waals surface area contributed by atoms with E-state index in [1.165, 1.54) is 0 Å². The molecule has 2 saturated heterocycles.